The van der Waals surface area contributed by atoms with Crippen molar-refractivity contribution in [3.8, 4) is 5.75 Å². The topological polar surface area (TPSA) is 35.0 Å². The summed E-state index contributed by atoms with van der Waals surface area (Å²) in [6.45, 7) is 0.277. The van der Waals surface area contributed by atoms with Gasteiger partial charge in [-0.2, -0.15) is 0 Å². The molecule has 3 nitrogen and oxygen atoms in total. The highest BCUT2D eigenvalue weighted by atomic mass is 35.5. The van der Waals surface area contributed by atoms with E-state index in [1.807, 2.05) is 12.1 Å². The summed E-state index contributed by atoms with van der Waals surface area (Å²) in [5, 5.41) is 4.40. The molecule has 15 heavy (non-hydrogen) atoms. The van der Waals surface area contributed by atoms with Gasteiger partial charge in [-0.25, -0.2) is 0 Å². The highest BCUT2D eigenvalue weighted by Crippen LogP contribution is 2.25. The van der Waals surface area contributed by atoms with Crippen molar-refractivity contribution in [1.82, 2.24) is 9.59 Å². The van der Waals surface area contributed by atoms with E-state index >= 15 is 0 Å². The maximum absolute atomic E-state index is 5.91. The number of para-hydroxylation sites is 1. The van der Waals surface area contributed by atoms with Gasteiger partial charge < -0.3 is 4.74 Å². The molecule has 0 aliphatic carbocycles. The van der Waals surface area contributed by atoms with Gasteiger partial charge in [0, 0.05) is 11.5 Å². The van der Waals surface area contributed by atoms with Crippen LogP contribution in [0.15, 0.2) is 24.3 Å². The predicted molar refractivity (Wildman–Crippen MR) is 60.7 cm³/mol. The van der Waals surface area contributed by atoms with Crippen molar-refractivity contribution in [2.45, 2.75) is 6.61 Å². The normalized spacial score (nSPS) is 10.3. The van der Waals surface area contributed by atoms with Crippen molar-refractivity contribution in [1.29, 1.82) is 0 Å². The average molecular weight is 261 g/mol. The van der Waals surface area contributed by atoms with Crippen LogP contribution in [0.2, 0.25) is 9.36 Å². The van der Waals surface area contributed by atoms with Gasteiger partial charge in [0.15, 0.2) is 0 Å². The maximum atomic E-state index is 5.91. The van der Waals surface area contributed by atoms with Gasteiger partial charge in [-0.15, -0.1) is 5.10 Å². The Morgan fingerprint density at radius 1 is 1.27 bits per heavy atom. The summed E-state index contributed by atoms with van der Waals surface area (Å²) in [4.78, 5) is 0. The Morgan fingerprint density at radius 3 is 2.73 bits per heavy atom. The lowest BCUT2D eigenvalue weighted by Crippen LogP contribution is -1.96. The molecule has 0 aliphatic heterocycles. The van der Waals surface area contributed by atoms with Crippen LogP contribution in [0.5, 0.6) is 5.75 Å². The van der Waals surface area contributed by atoms with Crippen LogP contribution >= 0.6 is 34.7 Å². The molecule has 1 aromatic heterocycles. The number of aromatic nitrogens is 2. The Hall–Kier alpha value is -0.840. The minimum atomic E-state index is 0.277. The quantitative estimate of drug-likeness (QED) is 0.849. The number of ether oxygens (including phenoxy) is 1. The van der Waals surface area contributed by atoms with Crippen molar-refractivity contribution in [2.75, 3.05) is 0 Å². The summed E-state index contributed by atoms with van der Waals surface area (Å²) >= 11 is 12.9. The number of halogens is 2. The van der Waals surface area contributed by atoms with Crippen LogP contribution in [0.4, 0.5) is 0 Å². The van der Waals surface area contributed by atoms with E-state index in [1.54, 1.807) is 12.1 Å². The fourth-order valence-electron chi connectivity index (χ4n) is 0.991. The molecule has 0 spiro atoms. The summed E-state index contributed by atoms with van der Waals surface area (Å²) in [5.41, 5.74) is 0.626. The van der Waals surface area contributed by atoms with E-state index in [0.717, 1.165) is 11.5 Å². The molecule has 78 valence electrons. The third kappa shape index (κ3) is 2.59. The lowest BCUT2D eigenvalue weighted by Gasteiger charge is -2.05. The van der Waals surface area contributed by atoms with E-state index in [9.17, 15) is 0 Å². The second kappa shape index (κ2) is 4.79. The maximum Gasteiger partial charge on any atom is 0.141 e. The van der Waals surface area contributed by atoms with Crippen molar-refractivity contribution in [3.63, 3.8) is 0 Å². The molecular weight excluding hydrogens is 255 g/mol. The molecule has 1 aromatic carbocycles. The fraction of sp³-hybridized carbons (Fsp3) is 0.111. The molecule has 0 fully saturated rings. The minimum Gasteiger partial charge on any atom is -0.486 e. The largest absolute Gasteiger partial charge is 0.486 e. The zero-order valence-corrected chi connectivity index (χ0v) is 9.81. The molecule has 0 amide bonds. The Labute approximate surface area is 101 Å². The zero-order chi connectivity index (χ0) is 10.7. The van der Waals surface area contributed by atoms with Crippen LogP contribution in [-0.2, 0) is 6.61 Å². The number of hydrogen-bond donors (Lipinski definition) is 0. The van der Waals surface area contributed by atoms with Crippen LogP contribution in [0.25, 0.3) is 0 Å². The molecule has 0 N–H and O–H groups in total. The van der Waals surface area contributed by atoms with Gasteiger partial charge in [-0.3, -0.25) is 0 Å². The Morgan fingerprint density at radius 2 is 2.07 bits per heavy atom. The molecular formula is C9H6Cl2N2OS. The summed E-state index contributed by atoms with van der Waals surface area (Å²) in [6.07, 6.45) is 0. The second-order valence-electron chi connectivity index (χ2n) is 2.71. The minimum absolute atomic E-state index is 0.277. The van der Waals surface area contributed by atoms with Crippen LogP contribution in [-0.4, -0.2) is 9.59 Å². The standard InChI is InChI=1S/C9H6Cl2N2OS/c10-6-3-1-2-4-8(6)14-5-7-9(11)15-13-12-7/h1-4H,5H2. The third-order valence-electron chi connectivity index (χ3n) is 1.71. The van der Waals surface area contributed by atoms with Crippen LogP contribution in [0.1, 0.15) is 5.69 Å². The Bertz CT molecular complexity index is 461. The summed E-state index contributed by atoms with van der Waals surface area (Å²) in [6, 6.07) is 7.24. The molecule has 0 aliphatic rings. The van der Waals surface area contributed by atoms with E-state index in [2.05, 4.69) is 9.59 Å². The molecule has 0 atom stereocenters. The average Bonchev–Trinajstić information content (AvgIpc) is 2.63. The molecule has 2 aromatic rings. The molecule has 0 saturated heterocycles. The van der Waals surface area contributed by atoms with Gasteiger partial charge in [0.1, 0.15) is 22.4 Å². The van der Waals surface area contributed by atoms with E-state index in [4.69, 9.17) is 27.9 Å². The number of rotatable bonds is 3. The van der Waals surface area contributed by atoms with Gasteiger partial charge in [-0.05, 0) is 12.1 Å². The lowest BCUT2D eigenvalue weighted by molar-refractivity contribution is 0.301. The number of hydrogen-bond acceptors (Lipinski definition) is 4. The summed E-state index contributed by atoms with van der Waals surface area (Å²) in [7, 11) is 0. The number of benzene rings is 1. The first kappa shape index (κ1) is 10.7. The molecule has 6 heteroatoms. The van der Waals surface area contributed by atoms with Crippen molar-refractivity contribution < 1.29 is 4.74 Å². The van der Waals surface area contributed by atoms with Crippen molar-refractivity contribution in [2.24, 2.45) is 0 Å². The Kier molecular flexibility index (Phi) is 3.41. The summed E-state index contributed by atoms with van der Waals surface area (Å²) < 4.78 is 9.70. The Balaban J connectivity index is 2.06. The van der Waals surface area contributed by atoms with E-state index in [0.29, 0.717) is 20.8 Å². The first-order valence-electron chi connectivity index (χ1n) is 4.11. The molecule has 0 radical (unpaired) electrons. The van der Waals surface area contributed by atoms with Gasteiger partial charge in [-0.1, -0.05) is 39.8 Å². The van der Waals surface area contributed by atoms with E-state index in [1.165, 1.54) is 0 Å². The first-order chi connectivity index (χ1) is 7.27. The monoisotopic (exact) mass is 260 g/mol. The molecule has 0 unspecified atom stereocenters. The highest BCUT2D eigenvalue weighted by Gasteiger charge is 2.07. The van der Waals surface area contributed by atoms with Crippen LogP contribution in [0, 0.1) is 0 Å². The molecule has 0 saturated carbocycles. The van der Waals surface area contributed by atoms with Crippen LogP contribution < -0.4 is 4.74 Å². The lowest BCUT2D eigenvalue weighted by atomic mass is 10.3. The molecule has 2 rings (SSSR count). The number of nitrogens with zero attached hydrogens (tertiary/aromatic N) is 2. The fourth-order valence-corrected chi connectivity index (χ4v) is 1.78. The third-order valence-corrected chi connectivity index (χ3v) is 3.01. The smallest absolute Gasteiger partial charge is 0.141 e. The van der Waals surface area contributed by atoms with Gasteiger partial charge in [0.25, 0.3) is 0 Å². The highest BCUT2D eigenvalue weighted by molar-refractivity contribution is 7.10. The van der Waals surface area contributed by atoms with Gasteiger partial charge in [0.05, 0.1) is 5.02 Å². The van der Waals surface area contributed by atoms with Gasteiger partial charge in [0.2, 0.25) is 0 Å². The van der Waals surface area contributed by atoms with Crippen molar-refractivity contribution >= 4 is 34.7 Å². The van der Waals surface area contributed by atoms with E-state index in [-0.39, 0.29) is 6.61 Å². The zero-order valence-electron chi connectivity index (χ0n) is 7.48. The SMILES string of the molecule is Clc1ccccc1OCc1nnsc1Cl. The molecule has 0 bridgehead atoms. The first-order valence-corrected chi connectivity index (χ1v) is 5.64. The summed E-state index contributed by atoms with van der Waals surface area (Å²) in [5.74, 6) is 0.614. The second-order valence-corrected chi connectivity index (χ2v) is 4.48. The van der Waals surface area contributed by atoms with Gasteiger partial charge >= 0.3 is 0 Å². The van der Waals surface area contributed by atoms with E-state index < -0.39 is 0 Å². The predicted octanol–water partition coefficient (Wildman–Crippen LogP) is 3.42. The van der Waals surface area contributed by atoms with Crippen LogP contribution in [0.3, 0.4) is 0 Å². The molecule has 1 heterocycles. The van der Waals surface area contributed by atoms with Crippen molar-refractivity contribution in [3.05, 3.63) is 39.3 Å².